The van der Waals surface area contributed by atoms with Gasteiger partial charge in [-0.15, -0.1) is 0 Å². The normalized spacial score (nSPS) is 10.5. The lowest BCUT2D eigenvalue weighted by atomic mass is 10.2. The maximum absolute atomic E-state index is 5.70. The number of rotatable bonds is 4. The van der Waals surface area contributed by atoms with Crippen molar-refractivity contribution in [1.82, 2.24) is 4.98 Å². The number of nitrogen functional groups attached to an aromatic ring is 1. The lowest BCUT2D eigenvalue weighted by molar-refractivity contribution is 0.810. The summed E-state index contributed by atoms with van der Waals surface area (Å²) in [7, 11) is 0. The van der Waals surface area contributed by atoms with E-state index in [1.807, 2.05) is 36.5 Å². The minimum Gasteiger partial charge on any atom is -0.399 e. The Labute approximate surface area is 130 Å². The molecule has 3 nitrogen and oxygen atoms in total. The van der Waals surface area contributed by atoms with Crippen LogP contribution < -0.4 is 10.6 Å². The van der Waals surface area contributed by atoms with Gasteiger partial charge in [0.2, 0.25) is 0 Å². The van der Waals surface area contributed by atoms with Crippen LogP contribution in [-0.4, -0.2) is 11.5 Å². The van der Waals surface area contributed by atoms with Gasteiger partial charge in [-0.2, -0.15) is 0 Å². The molecule has 19 heavy (non-hydrogen) atoms. The molecular formula is C14H15Br2N3. The van der Waals surface area contributed by atoms with E-state index in [9.17, 15) is 0 Å². The second kappa shape index (κ2) is 6.39. The second-order valence-electron chi connectivity index (χ2n) is 4.21. The van der Waals surface area contributed by atoms with Crippen molar-refractivity contribution in [1.29, 1.82) is 0 Å². The largest absolute Gasteiger partial charge is 0.399 e. The van der Waals surface area contributed by atoms with Crippen molar-refractivity contribution in [3.63, 3.8) is 0 Å². The van der Waals surface area contributed by atoms with Crippen molar-refractivity contribution in [2.24, 2.45) is 0 Å². The minimum atomic E-state index is 0.787. The lowest BCUT2D eigenvalue weighted by Gasteiger charge is -2.23. The van der Waals surface area contributed by atoms with Crippen LogP contribution in [0.25, 0.3) is 0 Å². The fourth-order valence-electron chi connectivity index (χ4n) is 1.82. The van der Waals surface area contributed by atoms with E-state index in [0.717, 1.165) is 33.5 Å². The fraction of sp³-hybridized carbons (Fsp3) is 0.214. The molecule has 0 spiro atoms. The summed E-state index contributed by atoms with van der Waals surface area (Å²) in [5.74, 6) is 0.947. The van der Waals surface area contributed by atoms with Crippen LogP contribution >= 0.6 is 31.9 Å². The van der Waals surface area contributed by atoms with Gasteiger partial charge in [-0.05, 0) is 62.5 Å². The second-order valence-corrected chi connectivity index (χ2v) is 5.98. The van der Waals surface area contributed by atoms with E-state index in [1.54, 1.807) is 0 Å². The van der Waals surface area contributed by atoms with Crippen molar-refractivity contribution in [3.05, 3.63) is 51.0 Å². The molecule has 2 rings (SSSR count). The fourth-order valence-corrected chi connectivity index (χ4v) is 3.06. The number of pyridine rings is 1. The highest BCUT2D eigenvalue weighted by atomic mass is 79.9. The molecule has 1 heterocycles. The molecule has 0 aliphatic rings. The van der Waals surface area contributed by atoms with Crippen LogP contribution in [0, 0.1) is 0 Å². The third-order valence-electron chi connectivity index (χ3n) is 2.82. The summed E-state index contributed by atoms with van der Waals surface area (Å²) in [6.45, 7) is 3.81. The summed E-state index contributed by atoms with van der Waals surface area (Å²) in [6, 6.07) is 9.95. The Bertz CT molecular complexity index is 555. The number of hydrogen-bond donors (Lipinski definition) is 1. The van der Waals surface area contributed by atoms with Crippen LogP contribution in [0.4, 0.5) is 11.5 Å². The summed E-state index contributed by atoms with van der Waals surface area (Å²) in [5, 5.41) is 0. The molecule has 0 bridgehead atoms. The molecule has 1 aromatic heterocycles. The molecule has 0 amide bonds. The van der Waals surface area contributed by atoms with E-state index in [1.165, 1.54) is 5.56 Å². The number of anilines is 2. The lowest BCUT2D eigenvalue weighted by Crippen LogP contribution is -2.23. The first-order valence-electron chi connectivity index (χ1n) is 6.00. The van der Waals surface area contributed by atoms with Crippen LogP contribution in [0.3, 0.4) is 0 Å². The van der Waals surface area contributed by atoms with E-state index in [4.69, 9.17) is 5.73 Å². The number of halogens is 2. The van der Waals surface area contributed by atoms with E-state index < -0.39 is 0 Å². The highest BCUT2D eigenvalue weighted by Gasteiger charge is 2.11. The molecule has 0 aliphatic carbocycles. The van der Waals surface area contributed by atoms with Crippen LogP contribution in [0.5, 0.6) is 0 Å². The van der Waals surface area contributed by atoms with Crippen molar-refractivity contribution >= 4 is 43.4 Å². The molecule has 0 saturated heterocycles. The smallest absolute Gasteiger partial charge is 0.143 e. The van der Waals surface area contributed by atoms with Gasteiger partial charge in [0.15, 0.2) is 0 Å². The van der Waals surface area contributed by atoms with Gasteiger partial charge in [-0.25, -0.2) is 4.98 Å². The molecule has 0 atom stereocenters. The number of aromatic nitrogens is 1. The SMILES string of the molecule is CCN(Cc1ccc(N)cc1)c1ncc(Br)cc1Br. The number of nitrogens with two attached hydrogens (primary N) is 1. The predicted molar refractivity (Wildman–Crippen MR) is 87.2 cm³/mol. The van der Waals surface area contributed by atoms with Gasteiger partial charge in [-0.1, -0.05) is 12.1 Å². The molecule has 5 heteroatoms. The van der Waals surface area contributed by atoms with Gasteiger partial charge in [0.25, 0.3) is 0 Å². The predicted octanol–water partition coefficient (Wildman–Crippen LogP) is 4.22. The Kier molecular flexibility index (Phi) is 4.82. The average Bonchev–Trinajstić information content (AvgIpc) is 2.39. The Hall–Kier alpha value is -1.07. The quantitative estimate of drug-likeness (QED) is 0.802. The molecule has 1 aromatic carbocycles. The maximum atomic E-state index is 5.70. The average molecular weight is 385 g/mol. The molecular weight excluding hydrogens is 370 g/mol. The van der Waals surface area contributed by atoms with E-state index in [2.05, 4.69) is 48.7 Å². The number of nitrogens with zero attached hydrogens (tertiary/aromatic N) is 2. The summed E-state index contributed by atoms with van der Waals surface area (Å²) in [4.78, 5) is 6.68. The first-order chi connectivity index (χ1) is 9.10. The van der Waals surface area contributed by atoms with Gasteiger partial charge in [0, 0.05) is 29.4 Å². The highest BCUT2D eigenvalue weighted by molar-refractivity contribution is 9.11. The highest BCUT2D eigenvalue weighted by Crippen LogP contribution is 2.27. The Morgan fingerprint density at radius 2 is 1.89 bits per heavy atom. The monoisotopic (exact) mass is 383 g/mol. The number of benzene rings is 1. The molecule has 100 valence electrons. The van der Waals surface area contributed by atoms with Gasteiger partial charge in [0.1, 0.15) is 5.82 Å². The van der Waals surface area contributed by atoms with E-state index >= 15 is 0 Å². The molecule has 0 radical (unpaired) electrons. The van der Waals surface area contributed by atoms with E-state index in [0.29, 0.717) is 0 Å². The summed E-state index contributed by atoms with van der Waals surface area (Å²) in [6.07, 6.45) is 1.81. The topological polar surface area (TPSA) is 42.1 Å². The zero-order valence-electron chi connectivity index (χ0n) is 10.6. The zero-order chi connectivity index (χ0) is 13.8. The van der Waals surface area contributed by atoms with Gasteiger partial charge in [0.05, 0.1) is 4.47 Å². The molecule has 0 fully saturated rings. The van der Waals surface area contributed by atoms with Gasteiger partial charge < -0.3 is 10.6 Å². The Balaban J connectivity index is 2.22. The van der Waals surface area contributed by atoms with Crippen molar-refractivity contribution < 1.29 is 0 Å². The molecule has 0 unspecified atom stereocenters. The molecule has 0 aliphatic heterocycles. The first-order valence-corrected chi connectivity index (χ1v) is 7.59. The molecule has 0 saturated carbocycles. The standard InChI is InChI=1S/C14H15Br2N3/c1-2-19(9-10-3-5-12(17)6-4-10)14-13(16)7-11(15)8-18-14/h3-8H,2,9,17H2,1H3. The molecule has 2 aromatic rings. The van der Waals surface area contributed by atoms with Crippen molar-refractivity contribution in [2.45, 2.75) is 13.5 Å². The Morgan fingerprint density at radius 1 is 1.21 bits per heavy atom. The van der Waals surface area contributed by atoms with Crippen LogP contribution in [-0.2, 0) is 6.54 Å². The minimum absolute atomic E-state index is 0.787. The van der Waals surface area contributed by atoms with Gasteiger partial charge >= 0.3 is 0 Å². The van der Waals surface area contributed by atoms with Crippen LogP contribution in [0.15, 0.2) is 45.5 Å². The third-order valence-corrected chi connectivity index (χ3v) is 3.84. The zero-order valence-corrected chi connectivity index (χ0v) is 13.8. The first kappa shape index (κ1) is 14.3. The van der Waals surface area contributed by atoms with Gasteiger partial charge in [-0.3, -0.25) is 0 Å². The van der Waals surface area contributed by atoms with Crippen LogP contribution in [0.1, 0.15) is 12.5 Å². The van der Waals surface area contributed by atoms with Crippen LogP contribution in [0.2, 0.25) is 0 Å². The number of hydrogen-bond acceptors (Lipinski definition) is 3. The maximum Gasteiger partial charge on any atom is 0.143 e. The third kappa shape index (κ3) is 3.70. The summed E-state index contributed by atoms with van der Waals surface area (Å²) < 4.78 is 1.95. The summed E-state index contributed by atoms with van der Waals surface area (Å²) >= 11 is 6.98. The van der Waals surface area contributed by atoms with E-state index in [-0.39, 0.29) is 0 Å². The molecule has 2 N–H and O–H groups in total. The van der Waals surface area contributed by atoms with Crippen molar-refractivity contribution in [3.8, 4) is 0 Å². The van der Waals surface area contributed by atoms with Crippen molar-refractivity contribution in [2.75, 3.05) is 17.2 Å². The Morgan fingerprint density at radius 3 is 2.47 bits per heavy atom. The summed E-state index contributed by atoms with van der Waals surface area (Å²) in [5.41, 5.74) is 7.71.